The Morgan fingerprint density at radius 2 is 2.14 bits per heavy atom. The van der Waals surface area contributed by atoms with Crippen LogP contribution in [0.3, 0.4) is 0 Å². The fourth-order valence-corrected chi connectivity index (χ4v) is 3.70. The molecule has 1 amide bonds. The van der Waals surface area contributed by atoms with Crippen molar-refractivity contribution < 1.29 is 14.7 Å². The molecule has 0 saturated heterocycles. The number of rotatable bonds is 7. The summed E-state index contributed by atoms with van der Waals surface area (Å²) in [7, 11) is 1.63. The van der Waals surface area contributed by atoms with Gasteiger partial charge in [0.25, 0.3) is 0 Å². The highest BCUT2D eigenvalue weighted by molar-refractivity contribution is 7.99. The van der Waals surface area contributed by atoms with E-state index in [4.69, 9.17) is 5.11 Å². The molecular formula is C14H17N3O3S2. The van der Waals surface area contributed by atoms with Crippen LogP contribution >= 0.6 is 23.1 Å². The van der Waals surface area contributed by atoms with E-state index in [9.17, 15) is 9.59 Å². The highest BCUT2D eigenvalue weighted by Crippen LogP contribution is 2.30. The van der Waals surface area contributed by atoms with E-state index in [1.807, 2.05) is 6.92 Å². The summed E-state index contributed by atoms with van der Waals surface area (Å²) < 4.78 is 0. The van der Waals surface area contributed by atoms with Gasteiger partial charge >= 0.3 is 5.97 Å². The lowest BCUT2D eigenvalue weighted by atomic mass is 10.3. The molecule has 6 nitrogen and oxygen atoms in total. The molecule has 0 aliphatic carbocycles. The third-order valence-electron chi connectivity index (χ3n) is 3.06. The number of aliphatic carboxylic acids is 1. The number of hydrogen-bond acceptors (Lipinski definition) is 6. The second-order valence-corrected chi connectivity index (χ2v) is 7.13. The van der Waals surface area contributed by atoms with Crippen LogP contribution in [0, 0.1) is 6.92 Å². The maximum absolute atomic E-state index is 11.9. The Morgan fingerprint density at radius 1 is 1.36 bits per heavy atom. The molecule has 0 spiro atoms. The van der Waals surface area contributed by atoms with E-state index in [1.165, 1.54) is 21.5 Å². The summed E-state index contributed by atoms with van der Waals surface area (Å²) in [5.41, 5.74) is 0. The summed E-state index contributed by atoms with van der Waals surface area (Å²) in [6.45, 7) is 2.27. The lowest BCUT2D eigenvalue weighted by Gasteiger charge is -2.15. The minimum atomic E-state index is -0.898. The average Bonchev–Trinajstić information content (AvgIpc) is 2.85. The van der Waals surface area contributed by atoms with E-state index in [2.05, 4.69) is 16.0 Å². The molecule has 1 N–H and O–H groups in total. The number of amides is 1. The van der Waals surface area contributed by atoms with Gasteiger partial charge in [-0.15, -0.1) is 23.1 Å². The molecule has 0 aliphatic heterocycles. The number of thioether (sulfide) groups is 1. The SMILES string of the molecule is Cc1cc2c(SCCC(=O)N(C)CCC(=O)O)ncnc2s1. The zero-order chi connectivity index (χ0) is 16.1. The van der Waals surface area contributed by atoms with Gasteiger partial charge in [-0.2, -0.15) is 0 Å². The normalized spacial score (nSPS) is 10.8. The number of thiophene rings is 1. The maximum Gasteiger partial charge on any atom is 0.305 e. The van der Waals surface area contributed by atoms with E-state index >= 15 is 0 Å². The van der Waals surface area contributed by atoms with E-state index in [0.29, 0.717) is 12.2 Å². The van der Waals surface area contributed by atoms with Gasteiger partial charge < -0.3 is 10.0 Å². The van der Waals surface area contributed by atoms with Crippen molar-refractivity contribution in [2.24, 2.45) is 0 Å². The molecule has 8 heteroatoms. The number of aryl methyl sites for hydroxylation is 1. The number of carboxylic acid groups (broad SMARTS) is 1. The maximum atomic E-state index is 11.9. The second-order valence-electron chi connectivity index (χ2n) is 4.81. The van der Waals surface area contributed by atoms with Gasteiger partial charge in [-0.25, -0.2) is 9.97 Å². The molecule has 2 aromatic rings. The number of carbonyl (C=O) groups excluding carboxylic acids is 1. The first-order chi connectivity index (χ1) is 10.5. The van der Waals surface area contributed by atoms with Crippen molar-refractivity contribution in [3.05, 3.63) is 17.3 Å². The van der Waals surface area contributed by atoms with Crippen LogP contribution in [0.25, 0.3) is 10.2 Å². The van der Waals surface area contributed by atoms with Gasteiger partial charge in [-0.05, 0) is 13.0 Å². The van der Waals surface area contributed by atoms with Gasteiger partial charge in [0.2, 0.25) is 5.91 Å². The standard InChI is InChI=1S/C14H17N3O3S2/c1-9-7-10-13(15-8-16-14(10)22-9)21-6-4-11(18)17(2)5-3-12(19)20/h7-8H,3-6H2,1-2H3,(H,19,20). The minimum Gasteiger partial charge on any atom is -0.481 e. The monoisotopic (exact) mass is 339 g/mol. The molecule has 2 heterocycles. The first kappa shape index (κ1) is 16.7. The first-order valence-electron chi connectivity index (χ1n) is 6.77. The van der Waals surface area contributed by atoms with E-state index in [-0.39, 0.29) is 18.9 Å². The molecule has 0 saturated carbocycles. The molecule has 0 bridgehead atoms. The Labute approximate surface area is 136 Å². The summed E-state index contributed by atoms with van der Waals surface area (Å²) in [6.07, 6.45) is 1.87. The molecule has 2 rings (SSSR count). The Morgan fingerprint density at radius 3 is 2.86 bits per heavy atom. The fraction of sp³-hybridized carbons (Fsp3) is 0.429. The quantitative estimate of drug-likeness (QED) is 0.616. The van der Waals surface area contributed by atoms with Crippen molar-refractivity contribution in [2.75, 3.05) is 19.3 Å². The van der Waals surface area contributed by atoms with E-state index < -0.39 is 5.97 Å². The lowest BCUT2D eigenvalue weighted by Crippen LogP contribution is -2.29. The van der Waals surface area contributed by atoms with Gasteiger partial charge in [0.1, 0.15) is 16.2 Å². The Bertz CT molecular complexity index is 687. The molecule has 0 fully saturated rings. The number of hydrogen-bond donors (Lipinski definition) is 1. The number of carboxylic acids is 1. The third-order valence-corrected chi connectivity index (χ3v) is 5.02. The van der Waals surface area contributed by atoms with Crippen LogP contribution < -0.4 is 0 Å². The van der Waals surface area contributed by atoms with Crippen LogP contribution in [0.4, 0.5) is 0 Å². The van der Waals surface area contributed by atoms with Gasteiger partial charge in [-0.1, -0.05) is 0 Å². The zero-order valence-corrected chi connectivity index (χ0v) is 14.0. The van der Waals surface area contributed by atoms with E-state index in [0.717, 1.165) is 15.2 Å². The average molecular weight is 339 g/mol. The number of carbonyl (C=O) groups is 2. The largest absolute Gasteiger partial charge is 0.481 e. The summed E-state index contributed by atoms with van der Waals surface area (Å²) in [5, 5.41) is 10.5. The molecular weight excluding hydrogens is 322 g/mol. The summed E-state index contributed by atoms with van der Waals surface area (Å²) in [5.74, 6) is -0.345. The molecule has 22 heavy (non-hydrogen) atoms. The van der Waals surface area contributed by atoms with Gasteiger partial charge in [0.15, 0.2) is 0 Å². The van der Waals surface area contributed by atoms with Gasteiger partial charge in [-0.3, -0.25) is 9.59 Å². The predicted molar refractivity (Wildman–Crippen MR) is 87.4 cm³/mol. The van der Waals surface area contributed by atoms with Gasteiger partial charge in [0, 0.05) is 36.0 Å². The smallest absolute Gasteiger partial charge is 0.305 e. The molecule has 0 aliphatic rings. The Hall–Kier alpha value is -1.67. The highest BCUT2D eigenvalue weighted by Gasteiger charge is 2.12. The van der Waals surface area contributed by atoms with Crippen molar-refractivity contribution in [3.8, 4) is 0 Å². The predicted octanol–water partition coefficient (Wildman–Crippen LogP) is 2.42. The molecule has 2 aromatic heterocycles. The molecule has 118 valence electrons. The van der Waals surface area contributed by atoms with Crippen LogP contribution in [-0.4, -0.2) is 51.2 Å². The fourth-order valence-electron chi connectivity index (χ4n) is 1.88. The number of nitrogens with zero attached hydrogens (tertiary/aromatic N) is 3. The molecule has 0 aromatic carbocycles. The number of aromatic nitrogens is 2. The number of fused-ring (bicyclic) bond motifs is 1. The molecule has 0 atom stereocenters. The Balaban J connectivity index is 1.87. The minimum absolute atomic E-state index is 0.0317. The van der Waals surface area contributed by atoms with Crippen molar-refractivity contribution in [1.82, 2.24) is 14.9 Å². The highest BCUT2D eigenvalue weighted by atomic mass is 32.2. The van der Waals surface area contributed by atoms with Crippen LogP contribution in [0.15, 0.2) is 17.4 Å². The van der Waals surface area contributed by atoms with Crippen LogP contribution in [0.5, 0.6) is 0 Å². The topological polar surface area (TPSA) is 83.4 Å². The first-order valence-corrected chi connectivity index (χ1v) is 8.57. The second kappa shape index (κ2) is 7.55. The summed E-state index contributed by atoms with van der Waals surface area (Å²) >= 11 is 3.15. The summed E-state index contributed by atoms with van der Waals surface area (Å²) in [4.78, 5) is 34.5. The van der Waals surface area contributed by atoms with Crippen molar-refractivity contribution >= 4 is 45.2 Å². The van der Waals surface area contributed by atoms with E-state index in [1.54, 1.807) is 24.7 Å². The van der Waals surface area contributed by atoms with Crippen LogP contribution in [0.2, 0.25) is 0 Å². The van der Waals surface area contributed by atoms with Crippen molar-refractivity contribution in [3.63, 3.8) is 0 Å². The van der Waals surface area contributed by atoms with Crippen molar-refractivity contribution in [2.45, 2.75) is 24.8 Å². The molecule has 0 unspecified atom stereocenters. The summed E-state index contributed by atoms with van der Waals surface area (Å²) in [6, 6.07) is 2.06. The van der Waals surface area contributed by atoms with Crippen LogP contribution in [-0.2, 0) is 9.59 Å². The molecule has 0 radical (unpaired) electrons. The lowest BCUT2D eigenvalue weighted by molar-refractivity contribution is -0.138. The van der Waals surface area contributed by atoms with Gasteiger partial charge in [0.05, 0.1) is 6.42 Å². The third kappa shape index (κ3) is 4.41. The van der Waals surface area contributed by atoms with Crippen LogP contribution in [0.1, 0.15) is 17.7 Å². The van der Waals surface area contributed by atoms with Crippen molar-refractivity contribution in [1.29, 1.82) is 0 Å². The zero-order valence-electron chi connectivity index (χ0n) is 12.4. The Kier molecular flexibility index (Phi) is 5.73.